The van der Waals surface area contributed by atoms with Crippen LogP contribution < -0.4 is 0 Å². The molecule has 4 nitrogen and oxygen atoms in total. The fourth-order valence-corrected chi connectivity index (χ4v) is 1.55. The van der Waals surface area contributed by atoms with Gasteiger partial charge in [-0.2, -0.15) is 4.21 Å². The van der Waals surface area contributed by atoms with Crippen molar-refractivity contribution >= 4 is 34.6 Å². The average molecular weight is 277 g/mol. The van der Waals surface area contributed by atoms with Gasteiger partial charge in [0.1, 0.15) is 0 Å². The van der Waals surface area contributed by atoms with Crippen LogP contribution in [0.15, 0.2) is 12.7 Å². The Bertz CT molecular complexity index is 191. The lowest BCUT2D eigenvalue weighted by atomic mass is 10.5. The number of hydrogen-bond donors (Lipinski definition) is 0. The largest absolute Gasteiger partial charge is 0.376 e. The minimum Gasteiger partial charge on any atom is -0.376 e. The third kappa shape index (κ3) is 10.6. The average Bonchev–Trinajstić information content (AvgIpc) is 2.24. The highest BCUT2D eigenvalue weighted by Gasteiger charge is 2.08. The van der Waals surface area contributed by atoms with Crippen molar-refractivity contribution in [2.45, 2.75) is 5.38 Å². The summed E-state index contributed by atoms with van der Waals surface area (Å²) in [5.41, 5.74) is 0. The van der Waals surface area contributed by atoms with Gasteiger partial charge in [-0.1, -0.05) is 6.08 Å². The Morgan fingerprint density at radius 3 is 2.73 bits per heavy atom. The van der Waals surface area contributed by atoms with Gasteiger partial charge < -0.3 is 4.74 Å². The summed E-state index contributed by atoms with van der Waals surface area (Å²) in [6.45, 7) is 4.48. The summed E-state index contributed by atoms with van der Waals surface area (Å²) < 4.78 is 25.5. The van der Waals surface area contributed by atoms with Crippen molar-refractivity contribution in [3.63, 3.8) is 0 Å². The molecule has 0 heterocycles. The summed E-state index contributed by atoms with van der Waals surface area (Å²) in [6.07, 6.45) is 1.62. The number of alkyl halides is 2. The van der Waals surface area contributed by atoms with Crippen molar-refractivity contribution in [1.82, 2.24) is 0 Å². The number of rotatable bonds is 10. The summed E-state index contributed by atoms with van der Waals surface area (Å²) >= 11 is 9.32. The van der Waals surface area contributed by atoms with Crippen molar-refractivity contribution in [3.05, 3.63) is 12.7 Å². The van der Waals surface area contributed by atoms with E-state index in [2.05, 4.69) is 10.8 Å². The Hall–Kier alpha value is 0.350. The van der Waals surface area contributed by atoms with Crippen LogP contribution in [0, 0.1) is 0 Å². The topological polar surface area (TPSA) is 44.8 Å². The molecule has 0 aromatic rings. The van der Waals surface area contributed by atoms with E-state index < -0.39 is 11.4 Å². The minimum atomic E-state index is -1.79. The standard InChI is InChI=1S/C8H14Cl2O4S/c1-2-4-12-6-8(10)7-14-15(11)13-5-3-9/h2,8H,1,3-7H2. The fraction of sp³-hybridized carbons (Fsp3) is 0.750. The summed E-state index contributed by atoms with van der Waals surface area (Å²) in [5.74, 6) is 0.266. The fourth-order valence-electron chi connectivity index (χ4n) is 0.590. The SMILES string of the molecule is C=CCOCC(Cl)COS(=O)OCCCl. The van der Waals surface area contributed by atoms with Crippen molar-refractivity contribution < 1.29 is 17.3 Å². The molecule has 0 saturated carbocycles. The Morgan fingerprint density at radius 2 is 2.13 bits per heavy atom. The first-order valence-corrected chi connectivity index (χ1v) is 6.24. The Balaban J connectivity index is 3.39. The van der Waals surface area contributed by atoms with Crippen molar-refractivity contribution in [2.75, 3.05) is 32.3 Å². The molecule has 0 aliphatic heterocycles. The normalized spacial score (nSPS) is 14.8. The van der Waals surface area contributed by atoms with Gasteiger partial charge in [-0.15, -0.1) is 29.8 Å². The van der Waals surface area contributed by atoms with Crippen LogP contribution in [0.3, 0.4) is 0 Å². The second-order valence-electron chi connectivity index (χ2n) is 2.42. The molecule has 0 amide bonds. The van der Waals surface area contributed by atoms with E-state index in [4.69, 9.17) is 32.1 Å². The third-order valence-electron chi connectivity index (χ3n) is 1.14. The molecule has 2 atom stereocenters. The van der Waals surface area contributed by atoms with Gasteiger partial charge >= 0.3 is 11.4 Å². The van der Waals surface area contributed by atoms with Crippen LogP contribution in [-0.4, -0.2) is 41.9 Å². The predicted molar refractivity (Wildman–Crippen MR) is 61.4 cm³/mol. The van der Waals surface area contributed by atoms with E-state index in [0.717, 1.165) is 0 Å². The molecule has 0 aromatic carbocycles. The van der Waals surface area contributed by atoms with Crippen LogP contribution >= 0.6 is 23.2 Å². The van der Waals surface area contributed by atoms with Crippen LogP contribution in [0.2, 0.25) is 0 Å². The van der Waals surface area contributed by atoms with Gasteiger partial charge in [0.05, 0.1) is 31.8 Å². The zero-order chi connectivity index (χ0) is 11.5. The van der Waals surface area contributed by atoms with E-state index in [1.54, 1.807) is 6.08 Å². The summed E-state index contributed by atoms with van der Waals surface area (Å²) in [5, 5.41) is -0.367. The molecule has 0 saturated heterocycles. The molecule has 0 spiro atoms. The van der Waals surface area contributed by atoms with Crippen LogP contribution in [0.25, 0.3) is 0 Å². The van der Waals surface area contributed by atoms with Crippen molar-refractivity contribution in [2.24, 2.45) is 0 Å². The molecule has 0 N–H and O–H groups in total. The molecule has 0 radical (unpaired) electrons. The van der Waals surface area contributed by atoms with E-state index in [1.807, 2.05) is 0 Å². The maximum atomic E-state index is 10.9. The lowest BCUT2D eigenvalue weighted by Crippen LogP contribution is -2.18. The molecular weight excluding hydrogens is 263 g/mol. The zero-order valence-corrected chi connectivity index (χ0v) is 10.5. The molecule has 7 heteroatoms. The van der Waals surface area contributed by atoms with Gasteiger partial charge in [0, 0.05) is 5.88 Å². The molecule has 0 aliphatic rings. The first kappa shape index (κ1) is 15.3. The maximum absolute atomic E-state index is 10.9. The summed E-state index contributed by atoms with van der Waals surface area (Å²) in [4.78, 5) is 0. The number of hydrogen-bond acceptors (Lipinski definition) is 4. The second-order valence-corrected chi connectivity index (χ2v) is 4.30. The van der Waals surface area contributed by atoms with Gasteiger partial charge in [0.2, 0.25) is 0 Å². The van der Waals surface area contributed by atoms with Gasteiger partial charge in [-0.25, -0.2) is 0 Å². The highest BCUT2D eigenvalue weighted by molar-refractivity contribution is 7.75. The van der Waals surface area contributed by atoms with Crippen LogP contribution in [0.4, 0.5) is 0 Å². The van der Waals surface area contributed by atoms with Crippen molar-refractivity contribution in [1.29, 1.82) is 0 Å². The van der Waals surface area contributed by atoms with E-state index in [0.29, 0.717) is 13.2 Å². The first-order valence-electron chi connectivity index (χ1n) is 4.27. The number of ether oxygens (including phenoxy) is 1. The lowest BCUT2D eigenvalue weighted by molar-refractivity contribution is 0.145. The molecule has 0 aliphatic carbocycles. The van der Waals surface area contributed by atoms with E-state index in [9.17, 15) is 4.21 Å². The summed E-state index contributed by atoms with van der Waals surface area (Å²) in [6, 6.07) is 0. The molecule has 0 rings (SSSR count). The maximum Gasteiger partial charge on any atom is 0.304 e. The summed E-state index contributed by atoms with van der Waals surface area (Å²) in [7, 11) is 0. The zero-order valence-electron chi connectivity index (χ0n) is 8.19. The van der Waals surface area contributed by atoms with Crippen LogP contribution in [0.5, 0.6) is 0 Å². The molecule has 0 aromatic heterocycles. The van der Waals surface area contributed by atoms with E-state index in [-0.39, 0.29) is 24.5 Å². The van der Waals surface area contributed by atoms with Gasteiger partial charge in [-0.05, 0) is 0 Å². The molecule has 0 bridgehead atoms. The highest BCUT2D eigenvalue weighted by Crippen LogP contribution is 2.00. The lowest BCUT2D eigenvalue weighted by Gasteiger charge is -2.08. The van der Waals surface area contributed by atoms with E-state index in [1.165, 1.54) is 0 Å². The monoisotopic (exact) mass is 276 g/mol. The number of halogens is 2. The smallest absolute Gasteiger partial charge is 0.304 e. The van der Waals surface area contributed by atoms with E-state index >= 15 is 0 Å². The second kappa shape index (κ2) is 10.9. The minimum absolute atomic E-state index is 0.0909. The predicted octanol–water partition coefficient (Wildman–Crippen LogP) is 1.65. The molecule has 15 heavy (non-hydrogen) atoms. The molecule has 90 valence electrons. The first-order chi connectivity index (χ1) is 7.20. The Morgan fingerprint density at radius 1 is 1.40 bits per heavy atom. The van der Waals surface area contributed by atoms with Gasteiger partial charge in [0.15, 0.2) is 0 Å². The quantitative estimate of drug-likeness (QED) is 0.346. The molecule has 2 unspecified atom stereocenters. The third-order valence-corrected chi connectivity index (χ3v) is 2.23. The van der Waals surface area contributed by atoms with Crippen molar-refractivity contribution in [3.8, 4) is 0 Å². The molecule has 0 fully saturated rings. The highest BCUT2D eigenvalue weighted by atomic mass is 35.5. The van der Waals surface area contributed by atoms with Crippen LogP contribution in [-0.2, 0) is 24.5 Å². The van der Waals surface area contributed by atoms with Gasteiger partial charge in [0.25, 0.3) is 0 Å². The Kier molecular flexibility index (Phi) is 11.1. The Labute approximate surface area is 102 Å². The molecular formula is C8H14Cl2O4S. The van der Waals surface area contributed by atoms with Gasteiger partial charge in [-0.3, -0.25) is 8.37 Å². The van der Waals surface area contributed by atoms with Crippen LogP contribution in [0.1, 0.15) is 0 Å².